The second kappa shape index (κ2) is 8.09. The van der Waals surface area contributed by atoms with Gasteiger partial charge in [0, 0.05) is 25.6 Å². The Hall–Kier alpha value is -2.44. The van der Waals surface area contributed by atoms with E-state index in [-0.39, 0.29) is 11.5 Å². The molecule has 2 rings (SSSR count). The molecule has 0 unspecified atom stereocenters. The van der Waals surface area contributed by atoms with Crippen LogP contribution < -0.4 is 0 Å². The third kappa shape index (κ3) is 4.35. The van der Waals surface area contributed by atoms with E-state index in [1.165, 1.54) is 0 Å². The molecule has 0 bridgehead atoms. The van der Waals surface area contributed by atoms with Gasteiger partial charge in [-0.3, -0.25) is 14.2 Å². The topological polar surface area (TPSA) is 90.0 Å². The van der Waals surface area contributed by atoms with Gasteiger partial charge in [-0.05, 0) is 46.1 Å². The number of aromatic nitrogens is 4. The fourth-order valence-corrected chi connectivity index (χ4v) is 3.17. The molecule has 136 valence electrons. The van der Waals surface area contributed by atoms with E-state index in [2.05, 4.69) is 10.2 Å². The highest BCUT2D eigenvalue weighted by atomic mass is 16.4. The van der Waals surface area contributed by atoms with Crippen LogP contribution in [-0.2, 0) is 19.5 Å². The number of hydrogen-bond acceptors (Lipinski definition) is 4. The first-order valence-corrected chi connectivity index (χ1v) is 8.70. The van der Waals surface area contributed by atoms with Crippen molar-refractivity contribution < 1.29 is 14.7 Å². The molecule has 0 amide bonds. The van der Waals surface area contributed by atoms with E-state index >= 15 is 0 Å². The quantitative estimate of drug-likeness (QED) is 0.557. The third-order valence-corrected chi connectivity index (χ3v) is 4.30. The highest BCUT2D eigenvalue weighted by Crippen LogP contribution is 2.18. The molecule has 0 aliphatic heterocycles. The molecule has 0 aliphatic rings. The molecule has 0 radical (unpaired) electrons. The van der Waals surface area contributed by atoms with Crippen molar-refractivity contribution in [2.45, 2.75) is 66.5 Å². The number of Topliss-reactive ketones (excluding diaryl/α,β-unsaturated/α-hetero) is 1. The van der Waals surface area contributed by atoms with E-state index in [1.807, 2.05) is 13.8 Å². The Bertz CT molecular complexity index is 774. The Morgan fingerprint density at radius 1 is 1.12 bits per heavy atom. The normalized spacial score (nSPS) is 11.0. The summed E-state index contributed by atoms with van der Waals surface area (Å²) in [5.41, 5.74) is 3.62. The van der Waals surface area contributed by atoms with Gasteiger partial charge in [0.05, 0.1) is 11.4 Å². The van der Waals surface area contributed by atoms with Gasteiger partial charge in [-0.15, -0.1) is 0 Å². The molecule has 2 aromatic rings. The molecule has 0 aliphatic carbocycles. The zero-order valence-corrected chi connectivity index (χ0v) is 15.4. The third-order valence-electron chi connectivity index (χ3n) is 4.30. The van der Waals surface area contributed by atoms with Gasteiger partial charge in [0.25, 0.3) is 0 Å². The van der Waals surface area contributed by atoms with Crippen molar-refractivity contribution in [3.05, 3.63) is 34.4 Å². The number of hydrogen-bond donors (Lipinski definition) is 1. The predicted octanol–water partition coefficient (Wildman–Crippen LogP) is 3.03. The van der Waals surface area contributed by atoms with Gasteiger partial charge in [0.2, 0.25) is 0 Å². The molecule has 0 aromatic carbocycles. The molecule has 0 atom stereocenters. The van der Waals surface area contributed by atoms with E-state index < -0.39 is 5.97 Å². The van der Waals surface area contributed by atoms with Crippen LogP contribution in [0, 0.1) is 13.8 Å². The summed E-state index contributed by atoms with van der Waals surface area (Å²) in [6.45, 7) is 8.57. The van der Waals surface area contributed by atoms with Crippen LogP contribution in [0.5, 0.6) is 0 Å². The Balaban J connectivity index is 1.91. The van der Waals surface area contributed by atoms with Crippen molar-refractivity contribution in [3.63, 3.8) is 0 Å². The SMILES string of the molecule is CCn1nc(C)c(CCCCCn2nc(C)cc2C(=O)O)c1C(C)=O. The Labute approximate surface area is 147 Å². The second-order valence-corrected chi connectivity index (χ2v) is 6.29. The maximum absolute atomic E-state index is 11.9. The lowest BCUT2D eigenvalue weighted by Crippen LogP contribution is -2.10. The molecular weight excluding hydrogens is 320 g/mol. The highest BCUT2D eigenvalue weighted by Gasteiger charge is 2.17. The molecule has 1 N–H and O–H groups in total. The number of ketones is 1. The average Bonchev–Trinajstić information content (AvgIpc) is 3.07. The van der Waals surface area contributed by atoms with Gasteiger partial charge in [0.15, 0.2) is 5.78 Å². The molecule has 0 spiro atoms. The largest absolute Gasteiger partial charge is 0.477 e. The maximum Gasteiger partial charge on any atom is 0.354 e. The Morgan fingerprint density at radius 2 is 1.84 bits per heavy atom. The van der Waals surface area contributed by atoms with Gasteiger partial charge in [-0.1, -0.05) is 6.42 Å². The summed E-state index contributed by atoms with van der Waals surface area (Å²) in [5, 5.41) is 17.8. The fraction of sp³-hybridized carbons (Fsp3) is 0.556. The summed E-state index contributed by atoms with van der Waals surface area (Å²) in [4.78, 5) is 23.1. The predicted molar refractivity (Wildman–Crippen MR) is 94.1 cm³/mol. The Kier molecular flexibility index (Phi) is 6.12. The number of carboxylic acid groups (broad SMARTS) is 1. The first kappa shape index (κ1) is 18.9. The molecule has 2 aromatic heterocycles. The van der Waals surface area contributed by atoms with Crippen molar-refractivity contribution in [3.8, 4) is 0 Å². The van der Waals surface area contributed by atoms with E-state index in [9.17, 15) is 9.59 Å². The van der Waals surface area contributed by atoms with Crippen molar-refractivity contribution in [2.75, 3.05) is 0 Å². The molecule has 0 saturated carbocycles. The van der Waals surface area contributed by atoms with Gasteiger partial charge in [0.1, 0.15) is 11.4 Å². The lowest BCUT2D eigenvalue weighted by molar-refractivity contribution is 0.0682. The van der Waals surface area contributed by atoms with Crippen LogP contribution in [-0.4, -0.2) is 36.4 Å². The first-order chi connectivity index (χ1) is 11.8. The molecule has 2 heterocycles. The van der Waals surface area contributed by atoms with Gasteiger partial charge in [-0.25, -0.2) is 4.79 Å². The van der Waals surface area contributed by atoms with Gasteiger partial charge < -0.3 is 5.11 Å². The van der Waals surface area contributed by atoms with Crippen LogP contribution in [0.1, 0.15) is 71.0 Å². The van der Waals surface area contributed by atoms with Crippen LogP contribution in [0.2, 0.25) is 0 Å². The summed E-state index contributed by atoms with van der Waals surface area (Å²) in [7, 11) is 0. The molecule has 7 heteroatoms. The maximum atomic E-state index is 11.9. The number of carbonyl (C=O) groups excluding carboxylic acids is 1. The standard InChI is InChI=1S/C18H26N4O3/c1-5-21-17(14(4)23)15(13(3)20-21)9-7-6-8-10-22-16(18(24)25)11-12(2)19-22/h11H,5-10H2,1-4H3,(H,24,25). The fourth-order valence-electron chi connectivity index (χ4n) is 3.17. The number of carbonyl (C=O) groups is 2. The molecule has 0 fully saturated rings. The van der Waals surface area contributed by atoms with Crippen molar-refractivity contribution >= 4 is 11.8 Å². The van der Waals surface area contributed by atoms with E-state index in [1.54, 1.807) is 29.3 Å². The minimum atomic E-state index is -0.950. The van der Waals surface area contributed by atoms with Gasteiger partial charge in [-0.2, -0.15) is 10.2 Å². The van der Waals surface area contributed by atoms with Gasteiger partial charge >= 0.3 is 5.97 Å². The smallest absolute Gasteiger partial charge is 0.354 e. The highest BCUT2D eigenvalue weighted by molar-refractivity contribution is 5.94. The molecule has 25 heavy (non-hydrogen) atoms. The summed E-state index contributed by atoms with van der Waals surface area (Å²) in [5.74, 6) is -0.898. The number of aromatic carboxylic acids is 1. The first-order valence-electron chi connectivity index (χ1n) is 8.70. The van der Waals surface area contributed by atoms with Crippen LogP contribution >= 0.6 is 0 Å². The summed E-state index contributed by atoms with van der Waals surface area (Å²) in [6.07, 6.45) is 3.52. The average molecular weight is 346 g/mol. The minimum absolute atomic E-state index is 0.0515. The van der Waals surface area contributed by atoms with Crippen LogP contribution in [0.15, 0.2) is 6.07 Å². The number of aryl methyl sites for hydroxylation is 4. The van der Waals surface area contributed by atoms with E-state index in [0.717, 1.165) is 42.6 Å². The van der Waals surface area contributed by atoms with Crippen LogP contribution in [0.3, 0.4) is 0 Å². The van der Waals surface area contributed by atoms with Crippen molar-refractivity contribution in [1.82, 2.24) is 19.6 Å². The molecule has 0 saturated heterocycles. The van der Waals surface area contributed by atoms with Crippen molar-refractivity contribution in [1.29, 1.82) is 0 Å². The Morgan fingerprint density at radius 3 is 2.44 bits per heavy atom. The van der Waals surface area contributed by atoms with Crippen molar-refractivity contribution in [2.24, 2.45) is 0 Å². The summed E-state index contributed by atoms with van der Waals surface area (Å²) in [6, 6.07) is 1.59. The monoisotopic (exact) mass is 346 g/mol. The summed E-state index contributed by atoms with van der Waals surface area (Å²) < 4.78 is 3.33. The lowest BCUT2D eigenvalue weighted by atomic mass is 10.0. The molecular formula is C18H26N4O3. The van der Waals surface area contributed by atoms with E-state index in [0.29, 0.717) is 18.8 Å². The number of rotatable bonds is 9. The summed E-state index contributed by atoms with van der Waals surface area (Å²) >= 11 is 0. The van der Waals surface area contributed by atoms with E-state index in [4.69, 9.17) is 5.11 Å². The number of unbranched alkanes of at least 4 members (excludes halogenated alkanes) is 2. The second-order valence-electron chi connectivity index (χ2n) is 6.29. The number of carboxylic acids is 1. The number of nitrogens with zero attached hydrogens (tertiary/aromatic N) is 4. The zero-order valence-electron chi connectivity index (χ0n) is 15.4. The minimum Gasteiger partial charge on any atom is -0.477 e. The van der Waals surface area contributed by atoms with Crippen LogP contribution in [0.4, 0.5) is 0 Å². The lowest BCUT2D eigenvalue weighted by Gasteiger charge is -2.06. The zero-order chi connectivity index (χ0) is 18.6. The molecule has 7 nitrogen and oxygen atoms in total. The van der Waals surface area contributed by atoms with Crippen LogP contribution in [0.25, 0.3) is 0 Å².